The van der Waals surface area contributed by atoms with Gasteiger partial charge in [0.25, 0.3) is 0 Å². The molecule has 0 aliphatic heterocycles. The van der Waals surface area contributed by atoms with Crippen LogP contribution in [-0.4, -0.2) is 14.9 Å². The lowest BCUT2D eigenvalue weighted by Crippen LogP contribution is -1.99. The molecule has 1 rings (SSSR count). The van der Waals surface area contributed by atoms with Gasteiger partial charge in [-0.2, -0.15) is 5.10 Å². The van der Waals surface area contributed by atoms with E-state index in [2.05, 4.69) is 18.9 Å². The summed E-state index contributed by atoms with van der Waals surface area (Å²) in [6.45, 7) is 4.25. The second-order valence-corrected chi connectivity index (χ2v) is 3.00. The average Bonchev–Trinajstić information content (AvgIpc) is 2.30. The van der Waals surface area contributed by atoms with Crippen molar-refractivity contribution >= 4 is 0 Å². The van der Waals surface area contributed by atoms with E-state index in [9.17, 15) is 0 Å². The molecule has 0 aliphatic rings. The third-order valence-corrected chi connectivity index (χ3v) is 1.72. The zero-order chi connectivity index (χ0) is 8.43. The lowest BCUT2D eigenvalue weighted by atomic mass is 10.1. The van der Waals surface area contributed by atoms with Crippen LogP contribution in [0.1, 0.15) is 31.2 Å². The molecule has 1 aromatic heterocycles. The quantitative estimate of drug-likeness (QED) is 0.691. The van der Waals surface area contributed by atoms with E-state index in [1.807, 2.05) is 17.8 Å². The van der Waals surface area contributed by atoms with Crippen molar-refractivity contribution in [2.45, 2.75) is 26.4 Å². The first-order chi connectivity index (χ1) is 5.15. The molecule has 0 aromatic carbocycles. The molecule has 0 unspecified atom stereocenters. The van der Waals surface area contributed by atoms with Crippen LogP contribution >= 0.6 is 0 Å². The van der Waals surface area contributed by atoms with Gasteiger partial charge in [-0.25, -0.2) is 0 Å². The van der Waals surface area contributed by atoms with E-state index in [-0.39, 0.29) is 6.61 Å². The fourth-order valence-corrected chi connectivity index (χ4v) is 1.16. The first kappa shape index (κ1) is 8.27. The molecule has 11 heavy (non-hydrogen) atoms. The molecule has 0 radical (unpaired) electrons. The molecule has 0 spiro atoms. The topological polar surface area (TPSA) is 38.1 Å². The average molecular weight is 154 g/mol. The lowest BCUT2D eigenvalue weighted by Gasteiger charge is -2.02. The Balaban J connectivity index is 2.97. The van der Waals surface area contributed by atoms with Crippen molar-refractivity contribution in [3.63, 3.8) is 0 Å². The molecule has 0 bridgehead atoms. The zero-order valence-electron chi connectivity index (χ0n) is 7.20. The molecule has 0 amide bonds. The Morgan fingerprint density at radius 2 is 2.27 bits per heavy atom. The van der Waals surface area contributed by atoms with Crippen LogP contribution in [0, 0.1) is 0 Å². The molecule has 62 valence electrons. The van der Waals surface area contributed by atoms with Crippen molar-refractivity contribution in [3.05, 3.63) is 17.5 Å². The molecule has 3 nitrogen and oxygen atoms in total. The number of aromatic nitrogens is 2. The summed E-state index contributed by atoms with van der Waals surface area (Å²) in [5, 5.41) is 12.9. The van der Waals surface area contributed by atoms with Gasteiger partial charge in [0, 0.05) is 12.7 Å². The van der Waals surface area contributed by atoms with Crippen molar-refractivity contribution in [1.29, 1.82) is 0 Å². The van der Waals surface area contributed by atoms with E-state index in [1.165, 1.54) is 0 Å². The van der Waals surface area contributed by atoms with Gasteiger partial charge in [-0.15, -0.1) is 0 Å². The van der Waals surface area contributed by atoms with E-state index in [0.717, 1.165) is 11.4 Å². The SMILES string of the molecule is CC(C)c1cc(CO)nn1C. The van der Waals surface area contributed by atoms with Crippen molar-refractivity contribution < 1.29 is 5.11 Å². The van der Waals surface area contributed by atoms with E-state index < -0.39 is 0 Å². The van der Waals surface area contributed by atoms with E-state index in [0.29, 0.717) is 5.92 Å². The minimum atomic E-state index is 0.0283. The van der Waals surface area contributed by atoms with Crippen LogP contribution in [0.15, 0.2) is 6.07 Å². The number of nitrogens with zero attached hydrogens (tertiary/aromatic N) is 2. The number of hydrogen-bond donors (Lipinski definition) is 1. The number of rotatable bonds is 2. The number of aliphatic hydroxyl groups is 1. The first-order valence-electron chi connectivity index (χ1n) is 3.78. The number of aryl methyl sites for hydroxylation is 1. The summed E-state index contributed by atoms with van der Waals surface area (Å²) in [7, 11) is 1.90. The summed E-state index contributed by atoms with van der Waals surface area (Å²) in [5.41, 5.74) is 1.91. The standard InChI is InChI=1S/C8H14N2O/c1-6(2)8-4-7(5-11)9-10(8)3/h4,6,11H,5H2,1-3H3. The second kappa shape index (κ2) is 3.05. The fraction of sp³-hybridized carbons (Fsp3) is 0.625. The van der Waals surface area contributed by atoms with Gasteiger partial charge in [-0.3, -0.25) is 4.68 Å². The zero-order valence-corrected chi connectivity index (χ0v) is 7.20. The van der Waals surface area contributed by atoms with Crippen LogP contribution in [0.25, 0.3) is 0 Å². The molecule has 1 aromatic rings. The molecule has 1 N–H and O–H groups in total. The molecular formula is C8H14N2O. The second-order valence-electron chi connectivity index (χ2n) is 3.00. The van der Waals surface area contributed by atoms with Gasteiger partial charge in [-0.1, -0.05) is 13.8 Å². The summed E-state index contributed by atoms with van der Waals surface area (Å²) < 4.78 is 1.82. The Kier molecular flexibility index (Phi) is 2.29. The predicted octanol–water partition coefficient (Wildman–Crippen LogP) is 1.04. The summed E-state index contributed by atoms with van der Waals surface area (Å²) >= 11 is 0. The highest BCUT2D eigenvalue weighted by Gasteiger charge is 2.06. The van der Waals surface area contributed by atoms with Crippen LogP contribution in [-0.2, 0) is 13.7 Å². The minimum absolute atomic E-state index is 0.0283. The highest BCUT2D eigenvalue weighted by molar-refractivity contribution is 5.12. The fourth-order valence-electron chi connectivity index (χ4n) is 1.16. The largest absolute Gasteiger partial charge is 0.390 e. The van der Waals surface area contributed by atoms with Crippen molar-refractivity contribution in [2.24, 2.45) is 7.05 Å². The third kappa shape index (κ3) is 1.60. The van der Waals surface area contributed by atoms with Crippen LogP contribution in [0.2, 0.25) is 0 Å². The Morgan fingerprint density at radius 3 is 2.55 bits per heavy atom. The number of hydrogen-bond acceptors (Lipinski definition) is 2. The van der Waals surface area contributed by atoms with Gasteiger partial charge in [0.1, 0.15) is 0 Å². The van der Waals surface area contributed by atoms with Crippen LogP contribution in [0.3, 0.4) is 0 Å². The molecule has 1 heterocycles. The van der Waals surface area contributed by atoms with Gasteiger partial charge >= 0.3 is 0 Å². The minimum Gasteiger partial charge on any atom is -0.390 e. The van der Waals surface area contributed by atoms with Crippen LogP contribution in [0.5, 0.6) is 0 Å². The van der Waals surface area contributed by atoms with E-state index in [4.69, 9.17) is 5.11 Å². The summed E-state index contributed by atoms with van der Waals surface area (Å²) in [4.78, 5) is 0. The Morgan fingerprint density at radius 1 is 1.64 bits per heavy atom. The van der Waals surface area contributed by atoms with Crippen LogP contribution in [0.4, 0.5) is 0 Å². The van der Waals surface area contributed by atoms with Gasteiger partial charge in [0.15, 0.2) is 0 Å². The maximum Gasteiger partial charge on any atom is 0.0881 e. The van der Waals surface area contributed by atoms with Crippen LogP contribution < -0.4 is 0 Å². The normalized spacial score (nSPS) is 11.0. The molecule has 3 heteroatoms. The Bertz CT molecular complexity index is 240. The molecule has 0 saturated carbocycles. The van der Waals surface area contributed by atoms with Crippen molar-refractivity contribution in [3.8, 4) is 0 Å². The third-order valence-electron chi connectivity index (χ3n) is 1.72. The van der Waals surface area contributed by atoms with Gasteiger partial charge in [0.2, 0.25) is 0 Å². The van der Waals surface area contributed by atoms with Gasteiger partial charge in [-0.05, 0) is 12.0 Å². The number of aliphatic hydroxyl groups excluding tert-OH is 1. The summed E-state index contributed by atoms with van der Waals surface area (Å²) in [5.74, 6) is 0.466. The first-order valence-corrected chi connectivity index (χ1v) is 3.78. The Labute approximate surface area is 66.7 Å². The van der Waals surface area contributed by atoms with E-state index >= 15 is 0 Å². The van der Waals surface area contributed by atoms with Gasteiger partial charge < -0.3 is 5.11 Å². The van der Waals surface area contributed by atoms with Crippen molar-refractivity contribution in [2.75, 3.05) is 0 Å². The van der Waals surface area contributed by atoms with E-state index in [1.54, 1.807) is 0 Å². The maximum atomic E-state index is 8.78. The van der Waals surface area contributed by atoms with Gasteiger partial charge in [0.05, 0.1) is 12.3 Å². The summed E-state index contributed by atoms with van der Waals surface area (Å²) in [6.07, 6.45) is 0. The van der Waals surface area contributed by atoms with Crippen molar-refractivity contribution in [1.82, 2.24) is 9.78 Å². The highest BCUT2D eigenvalue weighted by Crippen LogP contribution is 2.14. The molecule has 0 fully saturated rings. The maximum absolute atomic E-state index is 8.78. The monoisotopic (exact) mass is 154 g/mol. The smallest absolute Gasteiger partial charge is 0.0881 e. The lowest BCUT2D eigenvalue weighted by molar-refractivity contribution is 0.275. The molecule has 0 saturated heterocycles. The predicted molar refractivity (Wildman–Crippen MR) is 43.2 cm³/mol. The molecule has 0 aliphatic carbocycles. The Hall–Kier alpha value is -0.830. The molecule has 0 atom stereocenters. The summed E-state index contributed by atoms with van der Waals surface area (Å²) in [6, 6.07) is 1.94. The molecular weight excluding hydrogens is 140 g/mol. The highest BCUT2D eigenvalue weighted by atomic mass is 16.3.